The van der Waals surface area contributed by atoms with Crippen LogP contribution in [-0.4, -0.2) is 21.4 Å². The Balaban J connectivity index is 1.72. The fourth-order valence-corrected chi connectivity index (χ4v) is 4.89. The van der Waals surface area contributed by atoms with E-state index in [1.54, 1.807) is 36.4 Å². The molecule has 146 valence electrons. The number of rotatable bonds is 7. The molecular formula is C19H17BrN2O4S2. The summed E-state index contributed by atoms with van der Waals surface area (Å²) in [7, 11) is -2.29. The van der Waals surface area contributed by atoms with Gasteiger partial charge in [-0.2, -0.15) is 0 Å². The first-order valence-corrected chi connectivity index (χ1v) is 11.3. The molecular weight excluding hydrogens is 464 g/mol. The predicted molar refractivity (Wildman–Crippen MR) is 113 cm³/mol. The zero-order valence-corrected chi connectivity index (χ0v) is 18.0. The quantitative estimate of drug-likeness (QED) is 0.529. The van der Waals surface area contributed by atoms with Crippen molar-refractivity contribution in [3.63, 3.8) is 0 Å². The fourth-order valence-electron chi connectivity index (χ4n) is 2.39. The third-order valence-electron chi connectivity index (χ3n) is 3.79. The lowest BCUT2D eigenvalue weighted by atomic mass is 10.2. The molecule has 0 spiro atoms. The van der Waals surface area contributed by atoms with E-state index in [9.17, 15) is 13.2 Å². The molecule has 28 heavy (non-hydrogen) atoms. The van der Waals surface area contributed by atoms with Crippen LogP contribution in [0.1, 0.15) is 15.2 Å². The van der Waals surface area contributed by atoms with Crippen molar-refractivity contribution in [3.8, 4) is 5.75 Å². The number of carbonyl (C=O) groups excluding carboxylic acids is 1. The number of benzene rings is 2. The van der Waals surface area contributed by atoms with Crippen molar-refractivity contribution >= 4 is 48.9 Å². The van der Waals surface area contributed by atoms with E-state index >= 15 is 0 Å². The van der Waals surface area contributed by atoms with Crippen LogP contribution in [0.5, 0.6) is 5.75 Å². The lowest BCUT2D eigenvalue weighted by Gasteiger charge is -2.10. The summed E-state index contributed by atoms with van der Waals surface area (Å²) in [5.74, 6) is 0.283. The molecule has 0 aliphatic rings. The standard InChI is InChI=1S/C19H17BrN2O4S2/c1-26-16-7-5-15(6-8-16)22-28(24,25)18-4-2-3-13(9-18)19(23)21-11-17-10-14(20)12-27-17/h2-10,12,22H,11H2,1H3,(H,21,23). The van der Waals surface area contributed by atoms with Gasteiger partial charge in [0.25, 0.3) is 15.9 Å². The maximum Gasteiger partial charge on any atom is 0.261 e. The second kappa shape index (κ2) is 8.76. The topological polar surface area (TPSA) is 84.5 Å². The normalized spacial score (nSPS) is 11.1. The zero-order valence-electron chi connectivity index (χ0n) is 14.8. The van der Waals surface area contributed by atoms with E-state index in [0.717, 1.165) is 9.35 Å². The third kappa shape index (κ3) is 5.12. The molecule has 0 aliphatic carbocycles. The highest BCUT2D eigenvalue weighted by molar-refractivity contribution is 9.10. The molecule has 9 heteroatoms. The van der Waals surface area contributed by atoms with Crippen LogP contribution in [0, 0.1) is 0 Å². The third-order valence-corrected chi connectivity index (χ3v) is 6.87. The number of nitrogens with one attached hydrogen (secondary N) is 2. The molecule has 0 fully saturated rings. The van der Waals surface area contributed by atoms with Gasteiger partial charge in [0, 0.05) is 26.0 Å². The minimum atomic E-state index is -3.83. The van der Waals surface area contributed by atoms with E-state index in [2.05, 4.69) is 26.0 Å². The first kappa shape index (κ1) is 20.4. The summed E-state index contributed by atoms with van der Waals surface area (Å²) < 4.78 is 33.8. The molecule has 0 atom stereocenters. The number of hydrogen-bond donors (Lipinski definition) is 2. The Morgan fingerprint density at radius 1 is 1.14 bits per heavy atom. The second-order valence-electron chi connectivity index (χ2n) is 5.78. The van der Waals surface area contributed by atoms with Gasteiger partial charge in [0.05, 0.1) is 18.6 Å². The van der Waals surface area contributed by atoms with Gasteiger partial charge in [-0.1, -0.05) is 6.07 Å². The highest BCUT2D eigenvalue weighted by atomic mass is 79.9. The minimum absolute atomic E-state index is 0.00911. The van der Waals surface area contributed by atoms with Crippen molar-refractivity contribution < 1.29 is 17.9 Å². The largest absolute Gasteiger partial charge is 0.497 e. The van der Waals surface area contributed by atoms with Gasteiger partial charge in [-0.05, 0) is 64.5 Å². The Hall–Kier alpha value is -2.36. The molecule has 0 saturated carbocycles. The average Bonchev–Trinajstić information content (AvgIpc) is 3.12. The average molecular weight is 481 g/mol. The van der Waals surface area contributed by atoms with Crippen LogP contribution in [0.3, 0.4) is 0 Å². The number of anilines is 1. The molecule has 0 bridgehead atoms. The van der Waals surface area contributed by atoms with Gasteiger partial charge in [-0.25, -0.2) is 8.42 Å². The summed E-state index contributed by atoms with van der Waals surface area (Å²) in [6, 6.07) is 14.4. The summed E-state index contributed by atoms with van der Waals surface area (Å²) >= 11 is 4.89. The van der Waals surface area contributed by atoms with Gasteiger partial charge >= 0.3 is 0 Å². The van der Waals surface area contributed by atoms with Crippen LogP contribution in [0.25, 0.3) is 0 Å². The van der Waals surface area contributed by atoms with Crippen LogP contribution >= 0.6 is 27.3 Å². The van der Waals surface area contributed by atoms with Crippen LogP contribution in [-0.2, 0) is 16.6 Å². The summed E-state index contributed by atoms with van der Waals surface area (Å²) in [5, 5.41) is 4.72. The van der Waals surface area contributed by atoms with E-state index in [4.69, 9.17) is 4.74 Å². The molecule has 0 radical (unpaired) electrons. The Labute approximate surface area is 175 Å². The van der Waals surface area contributed by atoms with Crippen molar-refractivity contribution in [1.82, 2.24) is 5.32 Å². The zero-order chi connectivity index (χ0) is 20.1. The highest BCUT2D eigenvalue weighted by Crippen LogP contribution is 2.21. The molecule has 0 saturated heterocycles. The molecule has 6 nitrogen and oxygen atoms in total. The summed E-state index contributed by atoms with van der Waals surface area (Å²) in [6.45, 7) is 0.371. The summed E-state index contributed by atoms with van der Waals surface area (Å²) in [4.78, 5) is 13.4. The molecule has 3 rings (SSSR count). The molecule has 2 aromatic carbocycles. The fraction of sp³-hybridized carbons (Fsp3) is 0.105. The Kier molecular flexibility index (Phi) is 6.38. The Bertz CT molecular complexity index is 1080. The number of sulfonamides is 1. The van der Waals surface area contributed by atoms with E-state index in [1.165, 1.54) is 30.6 Å². The smallest absolute Gasteiger partial charge is 0.261 e. The highest BCUT2D eigenvalue weighted by Gasteiger charge is 2.17. The lowest BCUT2D eigenvalue weighted by molar-refractivity contribution is 0.0951. The Morgan fingerprint density at radius 2 is 1.89 bits per heavy atom. The first-order chi connectivity index (χ1) is 13.4. The molecule has 0 unspecified atom stereocenters. The van der Waals surface area contributed by atoms with Crippen LogP contribution in [0.2, 0.25) is 0 Å². The van der Waals surface area contributed by atoms with Crippen molar-refractivity contribution in [3.05, 3.63) is 74.9 Å². The van der Waals surface area contributed by atoms with Crippen molar-refractivity contribution in [2.24, 2.45) is 0 Å². The molecule has 1 amide bonds. The van der Waals surface area contributed by atoms with Gasteiger partial charge in [0.15, 0.2) is 0 Å². The molecule has 3 aromatic rings. The maximum absolute atomic E-state index is 12.6. The van der Waals surface area contributed by atoms with E-state index < -0.39 is 10.0 Å². The predicted octanol–water partition coefficient (Wildman–Crippen LogP) is 4.25. The summed E-state index contributed by atoms with van der Waals surface area (Å²) in [6.07, 6.45) is 0. The van der Waals surface area contributed by atoms with Crippen LogP contribution in [0.15, 0.2) is 69.3 Å². The van der Waals surface area contributed by atoms with Crippen molar-refractivity contribution in [2.45, 2.75) is 11.4 Å². The van der Waals surface area contributed by atoms with E-state index in [0.29, 0.717) is 18.0 Å². The van der Waals surface area contributed by atoms with Crippen LogP contribution in [0.4, 0.5) is 5.69 Å². The second-order valence-corrected chi connectivity index (χ2v) is 9.37. The molecule has 1 heterocycles. The number of halogens is 1. The number of methoxy groups -OCH3 is 1. The molecule has 0 aliphatic heterocycles. The minimum Gasteiger partial charge on any atom is -0.497 e. The van der Waals surface area contributed by atoms with Gasteiger partial charge in [-0.15, -0.1) is 11.3 Å². The van der Waals surface area contributed by atoms with E-state index in [1.807, 2.05) is 11.4 Å². The lowest BCUT2D eigenvalue weighted by Crippen LogP contribution is -2.23. The maximum atomic E-state index is 12.6. The molecule has 1 aromatic heterocycles. The monoisotopic (exact) mass is 480 g/mol. The number of thiophene rings is 1. The molecule has 2 N–H and O–H groups in total. The van der Waals surface area contributed by atoms with Crippen molar-refractivity contribution in [1.29, 1.82) is 0 Å². The summed E-state index contributed by atoms with van der Waals surface area (Å²) in [5.41, 5.74) is 0.673. The van der Waals surface area contributed by atoms with Crippen LogP contribution < -0.4 is 14.8 Å². The number of hydrogen-bond acceptors (Lipinski definition) is 5. The SMILES string of the molecule is COc1ccc(NS(=O)(=O)c2cccc(C(=O)NCc3cc(Br)cs3)c2)cc1. The van der Waals surface area contributed by atoms with Crippen molar-refractivity contribution in [2.75, 3.05) is 11.8 Å². The van der Waals surface area contributed by atoms with Gasteiger partial charge in [-0.3, -0.25) is 9.52 Å². The number of amides is 1. The number of carbonyl (C=O) groups is 1. The van der Waals surface area contributed by atoms with Gasteiger partial charge < -0.3 is 10.1 Å². The van der Waals surface area contributed by atoms with Gasteiger partial charge in [0.1, 0.15) is 5.75 Å². The Morgan fingerprint density at radius 3 is 2.54 bits per heavy atom. The van der Waals surface area contributed by atoms with E-state index in [-0.39, 0.29) is 16.4 Å². The van der Waals surface area contributed by atoms with Gasteiger partial charge in [0.2, 0.25) is 0 Å². The first-order valence-electron chi connectivity index (χ1n) is 8.15. The number of ether oxygens (including phenoxy) is 1.